The van der Waals surface area contributed by atoms with Gasteiger partial charge in [0.1, 0.15) is 0 Å². The molecular formula is C17H26N2O. The lowest BCUT2D eigenvalue weighted by Crippen LogP contribution is -2.46. The number of anilines is 2. The van der Waals surface area contributed by atoms with Crippen LogP contribution in [-0.4, -0.2) is 24.8 Å². The van der Waals surface area contributed by atoms with Crippen LogP contribution in [0.3, 0.4) is 0 Å². The maximum absolute atomic E-state index is 6.14. The van der Waals surface area contributed by atoms with Crippen LogP contribution in [0.5, 0.6) is 0 Å². The van der Waals surface area contributed by atoms with Crippen LogP contribution in [0.15, 0.2) is 24.3 Å². The zero-order valence-corrected chi connectivity index (χ0v) is 12.9. The second-order valence-electron chi connectivity index (χ2n) is 7.28. The number of nitrogens with zero attached hydrogens (tertiary/aromatic N) is 1. The molecule has 1 aromatic rings. The van der Waals surface area contributed by atoms with E-state index in [4.69, 9.17) is 10.5 Å². The molecule has 3 nitrogen and oxygen atoms in total. The van der Waals surface area contributed by atoms with E-state index in [1.165, 1.54) is 24.9 Å². The Hall–Kier alpha value is -1.22. The zero-order chi connectivity index (χ0) is 14.4. The van der Waals surface area contributed by atoms with Crippen molar-refractivity contribution in [3.8, 4) is 0 Å². The van der Waals surface area contributed by atoms with Crippen LogP contribution in [0.2, 0.25) is 0 Å². The molecule has 110 valence electrons. The molecule has 2 saturated heterocycles. The Labute approximate surface area is 122 Å². The van der Waals surface area contributed by atoms with Crippen LogP contribution >= 0.6 is 0 Å². The summed E-state index contributed by atoms with van der Waals surface area (Å²) in [4.78, 5) is 2.46. The average molecular weight is 274 g/mol. The molecule has 20 heavy (non-hydrogen) atoms. The Morgan fingerprint density at radius 1 is 1.30 bits per heavy atom. The number of rotatable bonds is 1. The van der Waals surface area contributed by atoms with Crippen LogP contribution < -0.4 is 10.6 Å². The Balaban J connectivity index is 1.77. The molecule has 0 aliphatic carbocycles. The molecule has 0 radical (unpaired) electrons. The minimum atomic E-state index is 0.0493. The quantitative estimate of drug-likeness (QED) is 0.797. The molecule has 1 spiro atoms. The van der Waals surface area contributed by atoms with Crippen molar-refractivity contribution in [2.75, 3.05) is 23.8 Å². The van der Waals surface area contributed by atoms with Gasteiger partial charge in [-0.15, -0.1) is 0 Å². The van der Waals surface area contributed by atoms with Gasteiger partial charge in [-0.05, 0) is 52.2 Å². The van der Waals surface area contributed by atoms with Gasteiger partial charge in [-0.25, -0.2) is 0 Å². The predicted octanol–water partition coefficient (Wildman–Crippen LogP) is 3.44. The van der Waals surface area contributed by atoms with Crippen molar-refractivity contribution >= 4 is 11.4 Å². The number of nitrogen functional groups attached to an aromatic ring is 1. The average Bonchev–Trinajstić information content (AvgIpc) is 2.66. The van der Waals surface area contributed by atoms with Crippen LogP contribution in [0.1, 0.15) is 40.0 Å². The second kappa shape index (κ2) is 4.66. The fraction of sp³-hybridized carbons (Fsp3) is 0.647. The van der Waals surface area contributed by atoms with Gasteiger partial charge in [0.05, 0.1) is 23.6 Å². The van der Waals surface area contributed by atoms with Crippen LogP contribution in [-0.2, 0) is 4.74 Å². The first-order chi connectivity index (χ1) is 9.41. The Morgan fingerprint density at radius 3 is 2.65 bits per heavy atom. The van der Waals surface area contributed by atoms with Crippen LogP contribution in [0.4, 0.5) is 11.4 Å². The molecule has 0 bridgehead atoms. The van der Waals surface area contributed by atoms with E-state index in [1.807, 2.05) is 12.1 Å². The fourth-order valence-electron chi connectivity index (χ4n) is 4.17. The largest absolute Gasteiger partial charge is 0.397 e. The summed E-state index contributed by atoms with van der Waals surface area (Å²) < 4.78 is 6.00. The van der Waals surface area contributed by atoms with Gasteiger partial charge in [0.15, 0.2) is 0 Å². The zero-order valence-electron chi connectivity index (χ0n) is 12.9. The lowest BCUT2D eigenvalue weighted by atomic mass is 9.72. The number of hydrogen-bond acceptors (Lipinski definition) is 3. The highest BCUT2D eigenvalue weighted by atomic mass is 16.5. The Kier molecular flexibility index (Phi) is 3.20. The van der Waals surface area contributed by atoms with E-state index in [9.17, 15) is 0 Å². The molecule has 3 rings (SSSR count). The molecule has 2 atom stereocenters. The minimum absolute atomic E-state index is 0.0493. The number of benzene rings is 1. The lowest BCUT2D eigenvalue weighted by Gasteiger charge is -2.45. The van der Waals surface area contributed by atoms with Gasteiger partial charge in [0.25, 0.3) is 0 Å². The van der Waals surface area contributed by atoms with Crippen molar-refractivity contribution in [1.82, 2.24) is 0 Å². The monoisotopic (exact) mass is 274 g/mol. The molecule has 3 heteroatoms. The molecule has 0 saturated carbocycles. The molecule has 0 aromatic heterocycles. The molecule has 2 heterocycles. The maximum Gasteiger partial charge on any atom is 0.0633 e. The highest BCUT2D eigenvalue weighted by Crippen LogP contribution is 2.48. The molecule has 2 fully saturated rings. The molecule has 2 aliphatic rings. The summed E-state index contributed by atoms with van der Waals surface area (Å²) in [5.41, 5.74) is 8.64. The third-order valence-electron chi connectivity index (χ3n) is 4.96. The van der Waals surface area contributed by atoms with Crippen molar-refractivity contribution < 1.29 is 4.74 Å². The first-order valence-corrected chi connectivity index (χ1v) is 7.66. The molecule has 0 unspecified atom stereocenters. The van der Waals surface area contributed by atoms with E-state index in [1.54, 1.807) is 0 Å². The van der Waals surface area contributed by atoms with Gasteiger partial charge >= 0.3 is 0 Å². The summed E-state index contributed by atoms with van der Waals surface area (Å²) >= 11 is 0. The van der Waals surface area contributed by atoms with Gasteiger partial charge in [-0.1, -0.05) is 12.1 Å². The summed E-state index contributed by atoms with van der Waals surface area (Å²) in [6.45, 7) is 8.75. The van der Waals surface area contributed by atoms with Crippen LogP contribution in [0, 0.1) is 5.41 Å². The van der Waals surface area contributed by atoms with E-state index in [-0.39, 0.29) is 5.60 Å². The summed E-state index contributed by atoms with van der Waals surface area (Å²) in [6, 6.07) is 8.73. The number of nitrogens with two attached hydrogens (primary N) is 1. The molecule has 2 aliphatic heterocycles. The lowest BCUT2D eigenvalue weighted by molar-refractivity contribution is 0.0287. The summed E-state index contributed by atoms with van der Waals surface area (Å²) in [7, 11) is 0. The number of piperidine rings is 1. The summed E-state index contributed by atoms with van der Waals surface area (Å²) in [5, 5.41) is 0. The Morgan fingerprint density at radius 2 is 2.05 bits per heavy atom. The topological polar surface area (TPSA) is 38.5 Å². The van der Waals surface area contributed by atoms with Crippen molar-refractivity contribution in [2.45, 2.75) is 51.7 Å². The van der Waals surface area contributed by atoms with Crippen molar-refractivity contribution in [2.24, 2.45) is 5.41 Å². The number of ether oxygens (including phenoxy) is 1. The number of hydrogen-bond donors (Lipinski definition) is 1. The summed E-state index contributed by atoms with van der Waals surface area (Å²) in [6.07, 6.45) is 3.59. The van der Waals surface area contributed by atoms with E-state index in [2.05, 4.69) is 37.8 Å². The predicted molar refractivity (Wildman–Crippen MR) is 84.0 cm³/mol. The fourth-order valence-corrected chi connectivity index (χ4v) is 4.17. The molecule has 2 N–H and O–H groups in total. The van der Waals surface area contributed by atoms with E-state index in [0.717, 1.165) is 18.8 Å². The van der Waals surface area contributed by atoms with Gasteiger partial charge in [-0.2, -0.15) is 0 Å². The second-order valence-corrected chi connectivity index (χ2v) is 7.28. The maximum atomic E-state index is 6.14. The SMILES string of the molecule is C[C@@H]1C[C@@]2(CCN1c1ccccc1N)COC(C)(C)C2. The third kappa shape index (κ3) is 2.39. The first kappa shape index (κ1) is 13.7. The molecule has 1 aromatic carbocycles. The minimum Gasteiger partial charge on any atom is -0.397 e. The standard InChI is InChI=1S/C17H26N2O/c1-13-10-17(11-16(2,3)20-12-17)8-9-19(13)15-7-5-4-6-14(15)18/h4-7,13H,8-12,18H2,1-3H3/t13-,17-/m1/s1. The normalized spacial score (nSPS) is 32.8. The summed E-state index contributed by atoms with van der Waals surface area (Å²) in [5.74, 6) is 0. The van der Waals surface area contributed by atoms with E-state index in [0.29, 0.717) is 11.5 Å². The highest BCUT2D eigenvalue weighted by molar-refractivity contribution is 5.67. The van der Waals surface area contributed by atoms with Gasteiger partial charge in [0, 0.05) is 18.0 Å². The Bertz CT molecular complexity index is 500. The van der Waals surface area contributed by atoms with Crippen LogP contribution in [0.25, 0.3) is 0 Å². The molecule has 0 amide bonds. The number of para-hydroxylation sites is 2. The van der Waals surface area contributed by atoms with Gasteiger partial charge in [0.2, 0.25) is 0 Å². The van der Waals surface area contributed by atoms with Crippen molar-refractivity contribution in [3.05, 3.63) is 24.3 Å². The van der Waals surface area contributed by atoms with E-state index < -0.39 is 0 Å². The van der Waals surface area contributed by atoms with Crippen molar-refractivity contribution in [1.29, 1.82) is 0 Å². The van der Waals surface area contributed by atoms with Gasteiger partial charge in [-0.3, -0.25) is 0 Å². The smallest absolute Gasteiger partial charge is 0.0633 e. The first-order valence-electron chi connectivity index (χ1n) is 7.66. The van der Waals surface area contributed by atoms with Crippen molar-refractivity contribution in [3.63, 3.8) is 0 Å². The highest BCUT2D eigenvalue weighted by Gasteiger charge is 2.47. The van der Waals surface area contributed by atoms with Gasteiger partial charge < -0.3 is 15.4 Å². The van der Waals surface area contributed by atoms with E-state index >= 15 is 0 Å². The third-order valence-corrected chi connectivity index (χ3v) is 4.96. The molecular weight excluding hydrogens is 248 g/mol.